The van der Waals surface area contributed by atoms with Crippen LogP contribution in [-0.4, -0.2) is 0 Å². The molecular formula is C14H12. The predicted octanol–water partition coefficient (Wildman–Crippen LogP) is 3.57. The lowest BCUT2D eigenvalue weighted by Gasteiger charge is -2.01. The van der Waals surface area contributed by atoms with Gasteiger partial charge in [-0.25, -0.2) is 0 Å². The van der Waals surface area contributed by atoms with Gasteiger partial charge in [0.2, 0.25) is 0 Å². The van der Waals surface area contributed by atoms with E-state index in [0.717, 1.165) is 11.1 Å². The number of hydrogen-bond donors (Lipinski definition) is 0. The Bertz CT molecular complexity index is 363. The predicted molar refractivity (Wildman–Crippen MR) is 59.0 cm³/mol. The van der Waals surface area contributed by atoms with Crippen LogP contribution in [0.15, 0.2) is 36.4 Å². The topological polar surface area (TPSA) is 0 Å². The monoisotopic (exact) mass is 180 g/mol. The van der Waals surface area contributed by atoms with Gasteiger partial charge in [-0.2, -0.15) is 0 Å². The Balaban J connectivity index is 2.40. The Hall–Kier alpha value is -1.56. The molecule has 0 nitrogen and oxygen atoms in total. The Morgan fingerprint density at radius 3 is 1.43 bits per heavy atom. The molecular weight excluding hydrogens is 168 g/mol. The first-order valence-electron chi connectivity index (χ1n) is 4.73. The average molecular weight is 180 g/mol. The molecule has 0 heteroatoms. The molecule has 0 bridgehead atoms. The highest BCUT2D eigenvalue weighted by molar-refractivity contribution is 5.62. The quantitative estimate of drug-likeness (QED) is 0.629. The molecule has 0 amide bonds. The van der Waals surface area contributed by atoms with Crippen LogP contribution in [0.2, 0.25) is 0 Å². The van der Waals surface area contributed by atoms with Crippen LogP contribution in [0.25, 0.3) is 11.1 Å². The molecule has 0 aliphatic rings. The van der Waals surface area contributed by atoms with E-state index in [1.54, 1.807) is 0 Å². The maximum atomic E-state index is 3.24. The summed E-state index contributed by atoms with van der Waals surface area (Å²) in [7, 11) is 0. The van der Waals surface area contributed by atoms with E-state index < -0.39 is 0 Å². The molecule has 68 valence electrons. The molecule has 0 N–H and O–H groups in total. The summed E-state index contributed by atoms with van der Waals surface area (Å²) in [4.78, 5) is 0. The van der Waals surface area contributed by atoms with E-state index in [2.05, 4.69) is 50.2 Å². The molecule has 14 heavy (non-hydrogen) atoms. The summed E-state index contributed by atoms with van der Waals surface area (Å²) in [6.07, 6.45) is 0. The lowest BCUT2D eigenvalue weighted by Crippen LogP contribution is -1.79. The van der Waals surface area contributed by atoms with Crippen molar-refractivity contribution in [1.82, 2.24) is 0 Å². The van der Waals surface area contributed by atoms with Crippen molar-refractivity contribution in [1.29, 1.82) is 0 Å². The van der Waals surface area contributed by atoms with Gasteiger partial charge in [0, 0.05) is 0 Å². The Labute approximate surface area is 85.2 Å². The van der Waals surface area contributed by atoms with E-state index in [-0.39, 0.29) is 0 Å². The normalized spacial score (nSPS) is 10.1. The molecule has 0 atom stereocenters. The Morgan fingerprint density at radius 1 is 0.714 bits per heavy atom. The average Bonchev–Trinajstić information content (AvgIpc) is 2.21. The van der Waals surface area contributed by atoms with Gasteiger partial charge in [0.05, 0.1) is 0 Å². The minimum absolute atomic E-state index is 1.11. The third kappa shape index (κ3) is 1.85. The van der Waals surface area contributed by atoms with Crippen molar-refractivity contribution >= 4 is 0 Å². The largest absolute Gasteiger partial charge is 0.0587 e. The van der Waals surface area contributed by atoms with Gasteiger partial charge in [0.25, 0.3) is 0 Å². The molecule has 0 aromatic heterocycles. The molecule has 2 radical (unpaired) electrons. The van der Waals surface area contributed by atoms with Crippen molar-refractivity contribution in [3.8, 4) is 11.1 Å². The molecule has 0 spiro atoms. The van der Waals surface area contributed by atoms with Gasteiger partial charge in [0.1, 0.15) is 0 Å². The third-order valence-corrected chi connectivity index (χ3v) is 2.23. The summed E-state index contributed by atoms with van der Waals surface area (Å²) in [5.41, 5.74) is 4.69. The van der Waals surface area contributed by atoms with Crippen molar-refractivity contribution in [2.45, 2.75) is 13.8 Å². The molecule has 2 aromatic carbocycles. The molecule has 0 heterocycles. The van der Waals surface area contributed by atoms with Crippen molar-refractivity contribution in [3.63, 3.8) is 0 Å². The zero-order valence-electron chi connectivity index (χ0n) is 8.46. The van der Waals surface area contributed by atoms with E-state index >= 15 is 0 Å². The fourth-order valence-corrected chi connectivity index (χ4v) is 1.34. The first-order chi connectivity index (χ1) is 6.75. The van der Waals surface area contributed by atoms with Crippen LogP contribution in [-0.2, 0) is 0 Å². The second kappa shape index (κ2) is 3.67. The van der Waals surface area contributed by atoms with E-state index in [9.17, 15) is 0 Å². The summed E-state index contributed by atoms with van der Waals surface area (Å²) in [6, 6.07) is 18.8. The second-order valence-corrected chi connectivity index (χ2v) is 3.56. The first kappa shape index (κ1) is 9.01. The summed E-state index contributed by atoms with van der Waals surface area (Å²) in [5.74, 6) is 0. The Morgan fingerprint density at radius 2 is 1.14 bits per heavy atom. The van der Waals surface area contributed by atoms with E-state index in [1.807, 2.05) is 12.1 Å². The molecule has 0 aliphatic carbocycles. The van der Waals surface area contributed by atoms with Crippen LogP contribution in [0.1, 0.15) is 11.1 Å². The number of hydrogen-bond acceptors (Lipinski definition) is 0. The van der Waals surface area contributed by atoms with Crippen molar-refractivity contribution in [3.05, 3.63) is 59.7 Å². The molecule has 0 aliphatic heterocycles. The van der Waals surface area contributed by atoms with Crippen molar-refractivity contribution < 1.29 is 0 Å². The fourth-order valence-electron chi connectivity index (χ4n) is 1.34. The first-order valence-corrected chi connectivity index (χ1v) is 4.73. The van der Waals surface area contributed by atoms with Crippen molar-refractivity contribution in [2.75, 3.05) is 0 Å². The van der Waals surface area contributed by atoms with Gasteiger partial charge in [-0.1, -0.05) is 47.5 Å². The summed E-state index contributed by atoms with van der Waals surface area (Å²) >= 11 is 0. The zero-order chi connectivity index (χ0) is 9.97. The number of rotatable bonds is 1. The summed E-state index contributed by atoms with van der Waals surface area (Å²) in [5, 5.41) is 0. The van der Waals surface area contributed by atoms with Gasteiger partial charge in [0.15, 0.2) is 0 Å². The highest BCUT2D eigenvalue weighted by Crippen LogP contribution is 2.18. The fraction of sp³-hybridized carbons (Fsp3) is 0.143. The molecule has 0 saturated heterocycles. The number of benzene rings is 2. The molecule has 2 aromatic rings. The summed E-state index contributed by atoms with van der Waals surface area (Å²) in [6.45, 7) is 4.14. The lowest BCUT2D eigenvalue weighted by atomic mass is 10.0. The van der Waals surface area contributed by atoms with Crippen molar-refractivity contribution in [2.24, 2.45) is 0 Å². The van der Waals surface area contributed by atoms with Crippen LogP contribution < -0.4 is 0 Å². The van der Waals surface area contributed by atoms with E-state index in [4.69, 9.17) is 0 Å². The van der Waals surface area contributed by atoms with E-state index in [0.29, 0.717) is 0 Å². The lowest BCUT2D eigenvalue weighted by molar-refractivity contribution is 1.44. The van der Waals surface area contributed by atoms with Gasteiger partial charge >= 0.3 is 0 Å². The van der Waals surface area contributed by atoms with E-state index in [1.165, 1.54) is 11.1 Å². The van der Waals surface area contributed by atoms with Gasteiger partial charge in [-0.05, 0) is 37.1 Å². The standard InChI is InChI=1S/C14H12/c1-11-3-7-13(8-4-11)14-9-5-12(2)6-10-14/h3-7,9H,1-2H3. The molecule has 2 rings (SSSR count). The maximum absolute atomic E-state index is 3.24. The minimum Gasteiger partial charge on any atom is -0.0587 e. The molecule has 0 saturated carbocycles. The second-order valence-electron chi connectivity index (χ2n) is 3.56. The smallest absolute Gasteiger partial charge is 0.00962 e. The van der Waals surface area contributed by atoms with Crippen LogP contribution in [0.5, 0.6) is 0 Å². The molecule has 0 fully saturated rings. The number of aryl methyl sites for hydroxylation is 2. The third-order valence-electron chi connectivity index (χ3n) is 2.23. The van der Waals surface area contributed by atoms with Gasteiger partial charge in [-0.15, -0.1) is 0 Å². The molecule has 0 unspecified atom stereocenters. The highest BCUT2D eigenvalue weighted by Gasteiger charge is 1.96. The summed E-state index contributed by atoms with van der Waals surface area (Å²) < 4.78 is 0. The Kier molecular flexibility index (Phi) is 2.36. The van der Waals surface area contributed by atoms with Gasteiger partial charge < -0.3 is 0 Å². The zero-order valence-corrected chi connectivity index (χ0v) is 8.46. The highest BCUT2D eigenvalue weighted by atomic mass is 14.0. The van der Waals surface area contributed by atoms with Crippen LogP contribution in [0, 0.1) is 26.0 Å². The van der Waals surface area contributed by atoms with Gasteiger partial charge in [-0.3, -0.25) is 0 Å². The van der Waals surface area contributed by atoms with Crippen LogP contribution in [0.3, 0.4) is 0 Å². The SMILES string of the molecule is Cc1c[c]c(-c2[c]cc(C)cc2)cc1. The minimum atomic E-state index is 1.11. The van der Waals surface area contributed by atoms with Crippen LogP contribution >= 0.6 is 0 Å². The maximum Gasteiger partial charge on any atom is -0.00962 e. The van der Waals surface area contributed by atoms with Crippen LogP contribution in [0.4, 0.5) is 0 Å².